The summed E-state index contributed by atoms with van der Waals surface area (Å²) in [6.07, 6.45) is -0.0779. The van der Waals surface area contributed by atoms with Gasteiger partial charge in [-0.15, -0.1) is 0 Å². The molecule has 1 fully saturated rings. The fourth-order valence-corrected chi connectivity index (χ4v) is 3.33. The van der Waals surface area contributed by atoms with E-state index in [1.165, 1.54) is 12.1 Å². The third-order valence-corrected chi connectivity index (χ3v) is 4.77. The van der Waals surface area contributed by atoms with Crippen LogP contribution in [0.3, 0.4) is 0 Å². The molecular weight excluding hydrogens is 389 g/mol. The third kappa shape index (κ3) is 4.71. The number of benzene rings is 1. The van der Waals surface area contributed by atoms with Crippen LogP contribution in [-0.4, -0.2) is 52.4 Å². The molecule has 10 heteroatoms. The first kappa shape index (κ1) is 20.2. The SMILES string of the molecule is Cc1nc(N)nc(N[C@@H](C)c2cc3ccc(F)cc3nc2NCC2COCCO2)n1. The van der Waals surface area contributed by atoms with Crippen LogP contribution in [0.4, 0.5) is 22.1 Å². The van der Waals surface area contributed by atoms with Gasteiger partial charge in [0.05, 0.1) is 37.5 Å². The highest BCUT2D eigenvalue weighted by Gasteiger charge is 2.19. The molecule has 1 aliphatic rings. The van der Waals surface area contributed by atoms with Crippen molar-refractivity contribution in [2.75, 3.05) is 42.7 Å². The Morgan fingerprint density at radius 2 is 2.07 bits per heavy atom. The maximum atomic E-state index is 13.7. The van der Waals surface area contributed by atoms with Gasteiger partial charge in [-0.2, -0.15) is 15.0 Å². The average Bonchev–Trinajstić information content (AvgIpc) is 2.71. The number of nitrogens with zero attached hydrogens (tertiary/aromatic N) is 4. The zero-order valence-corrected chi connectivity index (χ0v) is 16.9. The van der Waals surface area contributed by atoms with E-state index in [1.54, 1.807) is 13.0 Å². The molecule has 4 rings (SSSR count). The predicted octanol–water partition coefficient (Wildman–Crippen LogP) is 2.45. The van der Waals surface area contributed by atoms with Crippen LogP contribution in [0.5, 0.6) is 0 Å². The highest BCUT2D eigenvalue weighted by molar-refractivity contribution is 5.82. The molecule has 9 nitrogen and oxygen atoms in total. The minimum atomic E-state index is -0.333. The number of aryl methyl sites for hydroxylation is 1. The molecule has 0 amide bonds. The Morgan fingerprint density at radius 3 is 2.83 bits per heavy atom. The standard InChI is InChI=1S/C20H24FN7O2/c1-11(24-20-26-12(2)25-19(22)28-20)16-7-13-3-4-14(21)8-17(13)27-18(16)23-9-15-10-29-5-6-30-15/h3-4,7-8,11,15H,5-6,9-10H2,1-2H3,(H,23,27)(H3,22,24,25,26,28)/t11-,15?/m0/s1. The first-order chi connectivity index (χ1) is 14.5. The number of aromatic nitrogens is 4. The van der Waals surface area contributed by atoms with Gasteiger partial charge < -0.3 is 25.8 Å². The van der Waals surface area contributed by atoms with Crippen molar-refractivity contribution in [1.82, 2.24) is 19.9 Å². The first-order valence-electron chi connectivity index (χ1n) is 9.76. The van der Waals surface area contributed by atoms with Gasteiger partial charge in [0.2, 0.25) is 11.9 Å². The molecule has 0 radical (unpaired) electrons. The normalized spacial score (nSPS) is 17.6. The summed E-state index contributed by atoms with van der Waals surface area (Å²) in [5.41, 5.74) is 7.18. The number of hydrogen-bond donors (Lipinski definition) is 3. The highest BCUT2D eigenvalue weighted by atomic mass is 19.1. The summed E-state index contributed by atoms with van der Waals surface area (Å²) in [4.78, 5) is 17.1. The Balaban J connectivity index is 1.63. The molecule has 3 heterocycles. The molecule has 0 bridgehead atoms. The van der Waals surface area contributed by atoms with Gasteiger partial charge in [-0.05, 0) is 32.0 Å². The zero-order chi connectivity index (χ0) is 21.1. The number of halogens is 1. The minimum Gasteiger partial charge on any atom is -0.376 e. The Hall–Kier alpha value is -3.11. The summed E-state index contributed by atoms with van der Waals surface area (Å²) in [5.74, 6) is 1.34. The van der Waals surface area contributed by atoms with Crippen molar-refractivity contribution < 1.29 is 13.9 Å². The van der Waals surface area contributed by atoms with Crippen molar-refractivity contribution in [3.05, 3.63) is 41.5 Å². The molecule has 1 aliphatic heterocycles. The fraction of sp³-hybridized carbons (Fsp3) is 0.400. The van der Waals surface area contributed by atoms with Crippen LogP contribution in [0.25, 0.3) is 10.9 Å². The lowest BCUT2D eigenvalue weighted by atomic mass is 10.1. The lowest BCUT2D eigenvalue weighted by Crippen LogP contribution is -2.34. The van der Waals surface area contributed by atoms with Crippen molar-refractivity contribution >= 4 is 28.6 Å². The largest absolute Gasteiger partial charge is 0.376 e. The number of rotatable bonds is 6. The third-order valence-electron chi connectivity index (χ3n) is 4.77. The Morgan fingerprint density at radius 1 is 1.20 bits per heavy atom. The van der Waals surface area contributed by atoms with Crippen LogP contribution < -0.4 is 16.4 Å². The summed E-state index contributed by atoms with van der Waals surface area (Å²) in [6, 6.07) is 6.30. The van der Waals surface area contributed by atoms with Crippen LogP contribution in [0.15, 0.2) is 24.3 Å². The zero-order valence-electron chi connectivity index (χ0n) is 16.9. The smallest absolute Gasteiger partial charge is 0.228 e. The molecule has 1 unspecified atom stereocenters. The van der Waals surface area contributed by atoms with E-state index in [2.05, 4.69) is 30.6 Å². The second-order valence-corrected chi connectivity index (χ2v) is 7.14. The molecule has 2 atom stereocenters. The van der Waals surface area contributed by atoms with Gasteiger partial charge >= 0.3 is 0 Å². The van der Waals surface area contributed by atoms with Crippen LogP contribution in [0.2, 0.25) is 0 Å². The number of fused-ring (bicyclic) bond motifs is 1. The Bertz CT molecular complexity index is 1020. The van der Waals surface area contributed by atoms with Gasteiger partial charge in [0.15, 0.2) is 0 Å². The van der Waals surface area contributed by atoms with Gasteiger partial charge in [0.25, 0.3) is 0 Å². The highest BCUT2D eigenvalue weighted by Crippen LogP contribution is 2.28. The molecule has 2 aromatic heterocycles. The predicted molar refractivity (Wildman–Crippen MR) is 112 cm³/mol. The summed E-state index contributed by atoms with van der Waals surface area (Å²) >= 11 is 0. The molecule has 30 heavy (non-hydrogen) atoms. The van der Waals surface area contributed by atoms with Crippen molar-refractivity contribution in [3.63, 3.8) is 0 Å². The summed E-state index contributed by atoms with van der Waals surface area (Å²) in [6.45, 7) is 5.91. The average molecular weight is 413 g/mol. The van der Waals surface area contributed by atoms with Crippen molar-refractivity contribution in [2.24, 2.45) is 0 Å². The Kier molecular flexibility index (Phi) is 5.86. The first-order valence-corrected chi connectivity index (χ1v) is 9.76. The second-order valence-electron chi connectivity index (χ2n) is 7.14. The van der Waals surface area contributed by atoms with Crippen molar-refractivity contribution in [1.29, 1.82) is 0 Å². The lowest BCUT2D eigenvalue weighted by Gasteiger charge is -2.25. The summed E-state index contributed by atoms with van der Waals surface area (Å²) in [7, 11) is 0. The van der Waals surface area contributed by atoms with Gasteiger partial charge in [0.1, 0.15) is 17.5 Å². The molecule has 1 saturated heterocycles. The molecule has 3 aromatic rings. The van der Waals surface area contributed by atoms with Gasteiger partial charge in [-0.25, -0.2) is 9.37 Å². The number of hydrogen-bond acceptors (Lipinski definition) is 9. The summed E-state index contributed by atoms with van der Waals surface area (Å²) < 4.78 is 24.9. The Labute approximate surface area is 173 Å². The van der Waals surface area contributed by atoms with E-state index in [0.717, 1.165) is 10.9 Å². The van der Waals surface area contributed by atoms with Crippen LogP contribution in [0, 0.1) is 12.7 Å². The number of ether oxygens (including phenoxy) is 2. The topological polar surface area (TPSA) is 120 Å². The van der Waals surface area contributed by atoms with Crippen LogP contribution >= 0.6 is 0 Å². The summed E-state index contributed by atoms with van der Waals surface area (Å²) in [5, 5.41) is 7.40. The van der Waals surface area contributed by atoms with Crippen molar-refractivity contribution in [2.45, 2.75) is 26.0 Å². The molecule has 0 aliphatic carbocycles. The number of nitrogen functional groups attached to an aromatic ring is 1. The van der Waals surface area contributed by atoms with Gasteiger partial charge in [-0.1, -0.05) is 0 Å². The van der Waals surface area contributed by atoms with Gasteiger partial charge in [-0.3, -0.25) is 0 Å². The van der Waals surface area contributed by atoms with Crippen molar-refractivity contribution in [3.8, 4) is 0 Å². The molecule has 4 N–H and O–H groups in total. The van der Waals surface area contributed by atoms with E-state index in [0.29, 0.717) is 49.5 Å². The monoisotopic (exact) mass is 413 g/mol. The van der Waals surface area contributed by atoms with Crippen LogP contribution in [0.1, 0.15) is 24.4 Å². The van der Waals surface area contributed by atoms with E-state index in [9.17, 15) is 4.39 Å². The van der Waals surface area contributed by atoms with E-state index >= 15 is 0 Å². The fourth-order valence-electron chi connectivity index (χ4n) is 3.33. The molecular formula is C20H24FN7O2. The maximum absolute atomic E-state index is 13.7. The number of pyridine rings is 1. The quantitative estimate of drug-likeness (QED) is 0.559. The van der Waals surface area contributed by atoms with Crippen LogP contribution in [-0.2, 0) is 9.47 Å². The van der Waals surface area contributed by atoms with E-state index in [1.807, 2.05) is 13.0 Å². The lowest BCUT2D eigenvalue weighted by molar-refractivity contribution is -0.0819. The van der Waals surface area contributed by atoms with Gasteiger partial charge in [0, 0.05) is 23.6 Å². The second kappa shape index (κ2) is 8.72. The minimum absolute atomic E-state index is 0.0779. The molecule has 1 aromatic carbocycles. The van der Waals surface area contributed by atoms with E-state index in [-0.39, 0.29) is 23.9 Å². The molecule has 0 spiro atoms. The molecule has 158 valence electrons. The number of nitrogens with one attached hydrogen (secondary N) is 2. The van der Waals surface area contributed by atoms with E-state index < -0.39 is 0 Å². The molecule has 0 saturated carbocycles. The maximum Gasteiger partial charge on any atom is 0.228 e. The number of anilines is 3. The number of nitrogens with two attached hydrogens (primary N) is 1. The van der Waals surface area contributed by atoms with E-state index in [4.69, 9.17) is 15.2 Å².